The van der Waals surface area contributed by atoms with E-state index in [1.807, 2.05) is 24.3 Å². The van der Waals surface area contributed by atoms with Crippen molar-refractivity contribution >= 4 is 15.8 Å². The number of hydrogen-bond acceptors (Lipinski definition) is 4. The summed E-state index contributed by atoms with van der Waals surface area (Å²) in [6.45, 7) is -0.332. The van der Waals surface area contributed by atoms with Gasteiger partial charge in [-0.3, -0.25) is 0 Å². The number of benzene rings is 2. The van der Waals surface area contributed by atoms with E-state index < -0.39 is 15.8 Å². The Labute approximate surface area is 183 Å². The molecule has 0 aromatic heterocycles. The van der Waals surface area contributed by atoms with Crippen molar-refractivity contribution in [1.29, 1.82) is 0 Å². The van der Waals surface area contributed by atoms with E-state index in [-0.39, 0.29) is 17.4 Å². The van der Waals surface area contributed by atoms with E-state index in [1.165, 1.54) is 49.5 Å². The van der Waals surface area contributed by atoms with Gasteiger partial charge in [0.05, 0.1) is 4.90 Å². The van der Waals surface area contributed by atoms with Gasteiger partial charge < -0.3 is 9.84 Å². The molecule has 6 rings (SSSR count). The van der Waals surface area contributed by atoms with Crippen LogP contribution in [-0.2, 0) is 25.5 Å². The summed E-state index contributed by atoms with van der Waals surface area (Å²) in [4.78, 5) is 11.1. The molecule has 2 aromatic carbocycles. The third kappa shape index (κ3) is 3.65. The van der Waals surface area contributed by atoms with Gasteiger partial charge in [-0.05, 0) is 96.6 Å². The van der Waals surface area contributed by atoms with Crippen molar-refractivity contribution in [3.8, 4) is 5.75 Å². The van der Waals surface area contributed by atoms with Gasteiger partial charge in [0.25, 0.3) is 0 Å². The van der Waals surface area contributed by atoms with Crippen LogP contribution in [0.3, 0.4) is 0 Å². The maximum atomic E-state index is 11.9. The fraction of sp³-hybridized carbons (Fsp3) is 0.480. The van der Waals surface area contributed by atoms with Gasteiger partial charge in [0.1, 0.15) is 5.75 Å². The molecule has 1 N–H and O–H groups in total. The smallest absolute Gasteiger partial charge is 0.341 e. The molecule has 4 aliphatic rings. The van der Waals surface area contributed by atoms with Crippen LogP contribution in [0.1, 0.15) is 49.7 Å². The van der Waals surface area contributed by atoms with Crippen LogP contribution >= 0.6 is 0 Å². The number of hydrogen-bond donors (Lipinski definition) is 1. The normalized spacial score (nSPS) is 31.5. The van der Waals surface area contributed by atoms with Crippen molar-refractivity contribution in [2.24, 2.45) is 11.8 Å². The monoisotopic (exact) mass is 440 g/mol. The molecule has 0 heterocycles. The first-order valence-electron chi connectivity index (χ1n) is 10.9. The number of aliphatic carboxylic acids is 1. The fourth-order valence-corrected chi connectivity index (χ4v) is 7.67. The summed E-state index contributed by atoms with van der Waals surface area (Å²) in [6.07, 6.45) is 8.40. The van der Waals surface area contributed by atoms with Gasteiger partial charge in [0.15, 0.2) is 16.4 Å². The predicted octanol–water partition coefficient (Wildman–Crippen LogP) is 4.34. The first-order chi connectivity index (χ1) is 14.7. The highest BCUT2D eigenvalue weighted by atomic mass is 32.2. The predicted molar refractivity (Wildman–Crippen MR) is 117 cm³/mol. The van der Waals surface area contributed by atoms with Crippen LogP contribution in [0.5, 0.6) is 5.75 Å². The van der Waals surface area contributed by atoms with Crippen LogP contribution in [-0.4, -0.2) is 32.4 Å². The van der Waals surface area contributed by atoms with Crippen LogP contribution in [0.25, 0.3) is 0 Å². The molecule has 2 aromatic rings. The standard InChI is InChI=1S/C25H28O5S/c1-31(28,29)22-8-4-20(5-9-22)25-13-17-10-18(14-25)12-24(11-17,16-25)19-2-6-21(7-3-19)30-15-23(26)27/h2-9,17-18H,10-16H2,1H3,(H,26,27). The first kappa shape index (κ1) is 20.6. The summed E-state index contributed by atoms with van der Waals surface area (Å²) in [7, 11) is -3.19. The van der Waals surface area contributed by atoms with Crippen LogP contribution in [0.2, 0.25) is 0 Å². The van der Waals surface area contributed by atoms with Crippen LogP contribution in [0, 0.1) is 11.8 Å². The lowest BCUT2D eigenvalue weighted by Gasteiger charge is -2.62. The summed E-state index contributed by atoms with van der Waals surface area (Å²) in [5, 5.41) is 8.82. The van der Waals surface area contributed by atoms with Crippen LogP contribution in [0.4, 0.5) is 0 Å². The molecule has 5 nitrogen and oxygen atoms in total. The quantitative estimate of drug-likeness (QED) is 0.723. The molecule has 2 unspecified atom stereocenters. The number of ether oxygens (including phenoxy) is 1. The average molecular weight is 441 g/mol. The summed E-state index contributed by atoms with van der Waals surface area (Å²) in [5.41, 5.74) is 2.84. The summed E-state index contributed by atoms with van der Waals surface area (Å²) in [5.74, 6) is 0.994. The maximum Gasteiger partial charge on any atom is 0.341 e. The van der Waals surface area contributed by atoms with Gasteiger partial charge in [-0.25, -0.2) is 13.2 Å². The minimum absolute atomic E-state index is 0.110. The third-order valence-corrected chi connectivity index (χ3v) is 8.91. The molecule has 0 amide bonds. The molecule has 164 valence electrons. The summed E-state index contributed by atoms with van der Waals surface area (Å²) < 4.78 is 29.1. The lowest BCUT2D eigenvalue weighted by atomic mass is 9.42. The van der Waals surface area contributed by atoms with Gasteiger partial charge >= 0.3 is 5.97 Å². The summed E-state index contributed by atoms with van der Waals surface area (Å²) >= 11 is 0. The largest absolute Gasteiger partial charge is 0.482 e. The van der Waals surface area contributed by atoms with Crippen molar-refractivity contribution in [3.63, 3.8) is 0 Å². The molecule has 4 aliphatic carbocycles. The van der Waals surface area contributed by atoms with Crippen molar-refractivity contribution < 1.29 is 23.1 Å². The molecule has 2 atom stereocenters. The second-order valence-corrected chi connectivity index (χ2v) is 12.0. The minimum atomic E-state index is -3.19. The second kappa shape index (κ2) is 7.09. The van der Waals surface area contributed by atoms with Gasteiger partial charge in [0.2, 0.25) is 0 Å². The third-order valence-electron chi connectivity index (χ3n) is 7.78. The van der Waals surface area contributed by atoms with Gasteiger partial charge in [-0.15, -0.1) is 0 Å². The lowest BCUT2D eigenvalue weighted by molar-refractivity contribution is -0.139. The van der Waals surface area contributed by atoms with Gasteiger partial charge in [-0.2, -0.15) is 0 Å². The fourth-order valence-electron chi connectivity index (χ4n) is 7.04. The van der Waals surface area contributed by atoms with E-state index in [9.17, 15) is 13.2 Å². The molecule has 31 heavy (non-hydrogen) atoms. The van der Waals surface area contributed by atoms with Gasteiger partial charge in [-0.1, -0.05) is 24.3 Å². The molecule has 6 heteroatoms. The highest BCUT2D eigenvalue weighted by Gasteiger charge is 2.58. The Kier molecular flexibility index (Phi) is 4.70. The molecule has 4 fully saturated rings. The highest BCUT2D eigenvalue weighted by Crippen LogP contribution is 2.66. The topological polar surface area (TPSA) is 80.7 Å². The summed E-state index contributed by atoms with van der Waals surface area (Å²) in [6, 6.07) is 15.6. The van der Waals surface area contributed by atoms with E-state index in [1.54, 1.807) is 12.1 Å². The average Bonchev–Trinajstić information content (AvgIpc) is 2.71. The highest BCUT2D eigenvalue weighted by molar-refractivity contribution is 7.90. The van der Waals surface area contributed by atoms with E-state index in [0.717, 1.165) is 6.42 Å². The zero-order chi connectivity index (χ0) is 21.9. The molecule has 4 saturated carbocycles. The maximum absolute atomic E-state index is 11.9. The number of carboxylic acids is 1. The van der Waals surface area contributed by atoms with E-state index in [2.05, 4.69) is 12.1 Å². The van der Waals surface area contributed by atoms with Gasteiger partial charge in [0, 0.05) is 6.26 Å². The Morgan fingerprint density at radius 3 is 1.87 bits per heavy atom. The van der Waals surface area contributed by atoms with E-state index >= 15 is 0 Å². The van der Waals surface area contributed by atoms with Crippen LogP contribution < -0.4 is 4.74 Å². The lowest BCUT2D eigenvalue weighted by Crippen LogP contribution is -2.55. The SMILES string of the molecule is CS(=O)(=O)c1ccc(C23CC4CC(CC(c5ccc(OCC(=O)O)cc5)(C4)C2)C3)cc1. The zero-order valence-electron chi connectivity index (χ0n) is 17.7. The van der Waals surface area contributed by atoms with Crippen molar-refractivity contribution in [2.75, 3.05) is 12.9 Å². The Hall–Kier alpha value is -2.34. The zero-order valence-corrected chi connectivity index (χ0v) is 18.5. The van der Waals surface area contributed by atoms with E-state index in [4.69, 9.17) is 9.84 Å². The molecular weight excluding hydrogens is 412 g/mol. The molecule has 4 bridgehead atoms. The second-order valence-electron chi connectivity index (χ2n) is 10.0. The van der Waals surface area contributed by atoms with Crippen LogP contribution in [0.15, 0.2) is 53.4 Å². The van der Waals surface area contributed by atoms with Crippen molar-refractivity contribution in [3.05, 3.63) is 59.7 Å². The Morgan fingerprint density at radius 2 is 1.42 bits per heavy atom. The number of carboxylic acid groups (broad SMARTS) is 1. The number of carbonyl (C=O) groups is 1. The van der Waals surface area contributed by atoms with E-state index in [0.29, 0.717) is 22.5 Å². The molecule has 0 saturated heterocycles. The molecule has 0 radical (unpaired) electrons. The Balaban J connectivity index is 1.46. The van der Waals surface area contributed by atoms with Crippen molar-refractivity contribution in [2.45, 2.75) is 54.3 Å². The Morgan fingerprint density at radius 1 is 0.935 bits per heavy atom. The molecular formula is C25H28O5S. The minimum Gasteiger partial charge on any atom is -0.482 e. The number of sulfone groups is 1. The molecule has 0 spiro atoms. The first-order valence-corrected chi connectivity index (χ1v) is 12.8. The Bertz CT molecular complexity index is 1090. The number of rotatable bonds is 6. The van der Waals surface area contributed by atoms with Crippen molar-refractivity contribution in [1.82, 2.24) is 0 Å². The molecule has 0 aliphatic heterocycles.